The number of aromatic nitrogens is 1. The van der Waals surface area contributed by atoms with Crippen LogP contribution < -0.4 is 4.74 Å². The predicted molar refractivity (Wildman–Crippen MR) is 35.5 cm³/mol. The molecule has 1 aromatic heterocycles. The SMILES string of the molecule is COc1cc(F)ncc1C#N. The Morgan fingerprint density at radius 2 is 2.45 bits per heavy atom. The molecule has 0 bridgehead atoms. The van der Waals surface area contributed by atoms with E-state index < -0.39 is 5.95 Å². The molecule has 1 heterocycles. The minimum Gasteiger partial charge on any atom is -0.495 e. The molecule has 0 aliphatic rings. The molecule has 0 aliphatic heterocycles. The Morgan fingerprint density at radius 1 is 1.73 bits per heavy atom. The van der Waals surface area contributed by atoms with Crippen LogP contribution in [0.2, 0.25) is 0 Å². The number of nitriles is 1. The second-order valence-corrected chi connectivity index (χ2v) is 1.82. The first-order chi connectivity index (χ1) is 5.27. The number of hydrogen-bond donors (Lipinski definition) is 0. The molecular weight excluding hydrogens is 147 g/mol. The maximum Gasteiger partial charge on any atom is 0.216 e. The fourth-order valence-electron chi connectivity index (χ4n) is 0.666. The summed E-state index contributed by atoms with van der Waals surface area (Å²) in [5.74, 6) is -0.444. The molecule has 1 rings (SSSR count). The zero-order valence-electron chi connectivity index (χ0n) is 5.84. The van der Waals surface area contributed by atoms with Crippen LogP contribution in [0.1, 0.15) is 5.56 Å². The van der Waals surface area contributed by atoms with E-state index in [2.05, 4.69) is 4.98 Å². The highest BCUT2D eigenvalue weighted by Gasteiger charge is 2.03. The summed E-state index contributed by atoms with van der Waals surface area (Å²) in [6.07, 6.45) is 1.13. The highest BCUT2D eigenvalue weighted by atomic mass is 19.1. The van der Waals surface area contributed by atoms with Gasteiger partial charge in [0, 0.05) is 6.07 Å². The largest absolute Gasteiger partial charge is 0.495 e. The van der Waals surface area contributed by atoms with Gasteiger partial charge in [0.1, 0.15) is 17.4 Å². The first-order valence-corrected chi connectivity index (χ1v) is 2.87. The Morgan fingerprint density at radius 3 is 3.00 bits per heavy atom. The number of methoxy groups -OCH3 is 1. The van der Waals surface area contributed by atoms with E-state index in [0.717, 1.165) is 12.3 Å². The lowest BCUT2D eigenvalue weighted by Gasteiger charge is -1.99. The second-order valence-electron chi connectivity index (χ2n) is 1.82. The zero-order valence-corrected chi connectivity index (χ0v) is 5.84. The van der Waals surface area contributed by atoms with Crippen molar-refractivity contribution in [1.29, 1.82) is 5.26 Å². The van der Waals surface area contributed by atoms with Crippen LogP contribution >= 0.6 is 0 Å². The van der Waals surface area contributed by atoms with Gasteiger partial charge in [0.25, 0.3) is 0 Å². The third-order valence-electron chi connectivity index (χ3n) is 1.17. The van der Waals surface area contributed by atoms with Gasteiger partial charge in [-0.05, 0) is 0 Å². The van der Waals surface area contributed by atoms with Crippen molar-refractivity contribution < 1.29 is 9.13 Å². The number of rotatable bonds is 1. The molecule has 0 aliphatic carbocycles. The second kappa shape index (κ2) is 2.97. The van der Waals surface area contributed by atoms with Gasteiger partial charge in [-0.15, -0.1) is 0 Å². The fraction of sp³-hybridized carbons (Fsp3) is 0.143. The quantitative estimate of drug-likeness (QED) is 0.566. The lowest BCUT2D eigenvalue weighted by Crippen LogP contribution is -1.91. The van der Waals surface area contributed by atoms with Gasteiger partial charge in [-0.1, -0.05) is 0 Å². The summed E-state index contributed by atoms with van der Waals surface area (Å²) in [7, 11) is 1.37. The molecule has 0 unspecified atom stereocenters. The van der Waals surface area contributed by atoms with Crippen molar-refractivity contribution in [1.82, 2.24) is 4.98 Å². The lowest BCUT2D eigenvalue weighted by molar-refractivity contribution is 0.407. The van der Waals surface area contributed by atoms with Crippen LogP contribution in [-0.4, -0.2) is 12.1 Å². The number of nitrogens with zero attached hydrogens (tertiary/aromatic N) is 2. The number of halogens is 1. The molecule has 0 fully saturated rings. The van der Waals surface area contributed by atoms with Crippen molar-refractivity contribution in [2.45, 2.75) is 0 Å². The van der Waals surface area contributed by atoms with Gasteiger partial charge < -0.3 is 4.74 Å². The van der Waals surface area contributed by atoms with Gasteiger partial charge >= 0.3 is 0 Å². The van der Waals surface area contributed by atoms with Crippen LogP contribution in [0.3, 0.4) is 0 Å². The van der Waals surface area contributed by atoms with E-state index in [9.17, 15) is 4.39 Å². The highest BCUT2D eigenvalue weighted by molar-refractivity contribution is 5.40. The molecule has 0 aromatic carbocycles. The molecule has 0 saturated heterocycles. The van der Waals surface area contributed by atoms with E-state index in [4.69, 9.17) is 10.00 Å². The number of ether oxygens (including phenoxy) is 1. The van der Waals surface area contributed by atoms with Crippen molar-refractivity contribution in [3.63, 3.8) is 0 Å². The summed E-state index contributed by atoms with van der Waals surface area (Å²) >= 11 is 0. The van der Waals surface area contributed by atoms with Crippen LogP contribution in [0, 0.1) is 17.3 Å². The maximum absolute atomic E-state index is 12.4. The molecule has 0 radical (unpaired) electrons. The van der Waals surface area contributed by atoms with Crippen molar-refractivity contribution in [3.05, 3.63) is 23.8 Å². The third kappa shape index (κ3) is 1.44. The molecule has 11 heavy (non-hydrogen) atoms. The molecule has 1 aromatic rings. The van der Waals surface area contributed by atoms with Gasteiger partial charge in [0.05, 0.1) is 13.3 Å². The Kier molecular flexibility index (Phi) is 2.02. The predicted octanol–water partition coefficient (Wildman–Crippen LogP) is 1.10. The molecule has 0 spiro atoms. The average molecular weight is 152 g/mol. The Bertz CT molecular complexity index is 306. The van der Waals surface area contributed by atoms with Crippen LogP contribution in [0.4, 0.5) is 4.39 Å². The van der Waals surface area contributed by atoms with Crippen LogP contribution in [0.25, 0.3) is 0 Å². The summed E-state index contributed by atoms with van der Waals surface area (Å²) < 4.78 is 17.1. The smallest absolute Gasteiger partial charge is 0.216 e. The van der Waals surface area contributed by atoms with Crippen molar-refractivity contribution in [2.24, 2.45) is 0 Å². The molecule has 0 atom stereocenters. The molecule has 56 valence electrons. The zero-order chi connectivity index (χ0) is 8.27. The lowest BCUT2D eigenvalue weighted by atomic mass is 10.3. The Labute approximate surface area is 63.1 Å². The average Bonchev–Trinajstić information content (AvgIpc) is 2.04. The monoisotopic (exact) mass is 152 g/mol. The van der Waals surface area contributed by atoms with Crippen molar-refractivity contribution in [3.8, 4) is 11.8 Å². The van der Waals surface area contributed by atoms with Gasteiger partial charge in [-0.2, -0.15) is 9.65 Å². The Balaban J connectivity index is 3.19. The van der Waals surface area contributed by atoms with E-state index in [-0.39, 0.29) is 11.3 Å². The topological polar surface area (TPSA) is 45.9 Å². The summed E-state index contributed by atoms with van der Waals surface area (Å²) in [5.41, 5.74) is 0.230. The number of hydrogen-bond acceptors (Lipinski definition) is 3. The van der Waals surface area contributed by atoms with Crippen LogP contribution in [0.15, 0.2) is 12.3 Å². The summed E-state index contributed by atoms with van der Waals surface area (Å²) in [5, 5.41) is 8.45. The van der Waals surface area contributed by atoms with E-state index in [0.29, 0.717) is 0 Å². The van der Waals surface area contributed by atoms with Gasteiger partial charge in [0.15, 0.2) is 0 Å². The van der Waals surface area contributed by atoms with Gasteiger partial charge in [0.2, 0.25) is 5.95 Å². The summed E-state index contributed by atoms with van der Waals surface area (Å²) in [6, 6.07) is 2.89. The van der Waals surface area contributed by atoms with Crippen molar-refractivity contribution in [2.75, 3.05) is 7.11 Å². The van der Waals surface area contributed by atoms with E-state index in [1.165, 1.54) is 7.11 Å². The number of pyridine rings is 1. The van der Waals surface area contributed by atoms with E-state index in [1.54, 1.807) is 0 Å². The van der Waals surface area contributed by atoms with Crippen LogP contribution in [0.5, 0.6) is 5.75 Å². The van der Waals surface area contributed by atoms with E-state index >= 15 is 0 Å². The van der Waals surface area contributed by atoms with Crippen LogP contribution in [-0.2, 0) is 0 Å². The van der Waals surface area contributed by atoms with Gasteiger partial charge in [-0.3, -0.25) is 0 Å². The minimum absolute atomic E-state index is 0.208. The highest BCUT2D eigenvalue weighted by Crippen LogP contribution is 2.15. The first kappa shape index (κ1) is 7.48. The molecule has 4 heteroatoms. The van der Waals surface area contributed by atoms with Gasteiger partial charge in [-0.25, -0.2) is 4.98 Å². The molecule has 0 saturated carbocycles. The molecule has 3 nitrogen and oxygen atoms in total. The minimum atomic E-state index is -0.652. The Hall–Kier alpha value is -1.63. The summed E-state index contributed by atoms with van der Waals surface area (Å²) in [4.78, 5) is 3.29. The third-order valence-corrected chi connectivity index (χ3v) is 1.17. The first-order valence-electron chi connectivity index (χ1n) is 2.87. The fourth-order valence-corrected chi connectivity index (χ4v) is 0.666. The molecular formula is C7H5FN2O. The molecule has 0 amide bonds. The normalized spacial score (nSPS) is 8.82. The summed E-state index contributed by atoms with van der Waals surface area (Å²) in [6.45, 7) is 0. The van der Waals surface area contributed by atoms with Crippen molar-refractivity contribution >= 4 is 0 Å². The maximum atomic E-state index is 12.4. The standard InChI is InChI=1S/C7H5FN2O/c1-11-6-2-7(8)10-4-5(6)3-9/h2,4H,1H3. The van der Waals surface area contributed by atoms with E-state index in [1.807, 2.05) is 6.07 Å². The molecule has 0 N–H and O–H groups in total.